The zero-order valence-corrected chi connectivity index (χ0v) is 12.6. The van der Waals surface area contributed by atoms with Crippen LogP contribution < -0.4 is 16.1 Å². The molecule has 0 unspecified atom stereocenters. The van der Waals surface area contributed by atoms with Crippen LogP contribution in [0.5, 0.6) is 5.75 Å². The number of carbonyl (C=O) groups is 1. The Labute approximate surface area is 127 Å². The number of ketones is 1. The second-order valence-electron chi connectivity index (χ2n) is 5.60. The third kappa shape index (κ3) is 2.46. The van der Waals surface area contributed by atoms with Crippen LogP contribution >= 0.6 is 0 Å². The number of fused-ring (bicyclic) bond motifs is 3. The van der Waals surface area contributed by atoms with Crippen LogP contribution in [0.2, 0.25) is 0 Å². The number of benzene rings is 1. The van der Waals surface area contributed by atoms with Crippen molar-refractivity contribution in [2.45, 2.75) is 19.9 Å². The van der Waals surface area contributed by atoms with Crippen LogP contribution in [0.15, 0.2) is 21.3 Å². The molecule has 2 aromatic rings. The first kappa shape index (κ1) is 14.6. The average molecular weight is 302 g/mol. The number of nitrogen functional groups attached to an aromatic ring is 1. The standard InChI is InChI=1S/C16H18N2O4/c1-9(19)7-18-4-3-10-11-5-13(17)15(21-2)6-14(11)22-16(20)12(10)8-18/h5-6H,3-4,7-8,17H2,1-2H3. The van der Waals surface area contributed by atoms with Crippen LogP contribution in [0.4, 0.5) is 5.69 Å². The van der Waals surface area contributed by atoms with Crippen molar-refractivity contribution in [3.63, 3.8) is 0 Å². The van der Waals surface area contributed by atoms with E-state index in [2.05, 4.69) is 0 Å². The van der Waals surface area contributed by atoms with Gasteiger partial charge in [0, 0.05) is 24.5 Å². The second kappa shape index (κ2) is 5.46. The van der Waals surface area contributed by atoms with E-state index in [1.165, 1.54) is 7.11 Å². The largest absolute Gasteiger partial charge is 0.494 e. The van der Waals surface area contributed by atoms with Crippen molar-refractivity contribution in [3.8, 4) is 5.75 Å². The molecule has 1 aliphatic rings. The van der Waals surface area contributed by atoms with Gasteiger partial charge >= 0.3 is 5.63 Å². The summed E-state index contributed by atoms with van der Waals surface area (Å²) in [4.78, 5) is 25.5. The number of methoxy groups -OCH3 is 1. The zero-order chi connectivity index (χ0) is 15.9. The maximum absolute atomic E-state index is 12.2. The van der Waals surface area contributed by atoms with Crippen molar-refractivity contribution in [2.75, 3.05) is 25.9 Å². The Bertz CT molecular complexity index is 810. The lowest BCUT2D eigenvalue weighted by atomic mass is 9.97. The van der Waals surface area contributed by atoms with Gasteiger partial charge in [-0.3, -0.25) is 9.69 Å². The maximum Gasteiger partial charge on any atom is 0.341 e. The number of anilines is 1. The van der Waals surface area contributed by atoms with Gasteiger partial charge in [0.05, 0.1) is 24.9 Å². The average Bonchev–Trinajstić information content (AvgIpc) is 2.47. The molecule has 0 spiro atoms. The van der Waals surface area contributed by atoms with E-state index in [0.29, 0.717) is 42.1 Å². The topological polar surface area (TPSA) is 85.8 Å². The Hall–Kier alpha value is -2.34. The van der Waals surface area contributed by atoms with Gasteiger partial charge in [-0.05, 0) is 25.0 Å². The van der Waals surface area contributed by atoms with Gasteiger partial charge in [0.15, 0.2) is 0 Å². The van der Waals surface area contributed by atoms with Gasteiger partial charge in [0.2, 0.25) is 0 Å². The van der Waals surface area contributed by atoms with Crippen LogP contribution in [0, 0.1) is 0 Å². The number of nitrogens with two attached hydrogens (primary N) is 1. The summed E-state index contributed by atoms with van der Waals surface area (Å²) in [6.45, 7) is 3.06. The zero-order valence-electron chi connectivity index (χ0n) is 12.6. The molecule has 6 heteroatoms. The number of hydrogen-bond donors (Lipinski definition) is 1. The quantitative estimate of drug-likeness (QED) is 0.680. The summed E-state index contributed by atoms with van der Waals surface area (Å²) in [7, 11) is 1.52. The summed E-state index contributed by atoms with van der Waals surface area (Å²) in [6.07, 6.45) is 0.691. The number of ether oxygens (including phenoxy) is 1. The molecule has 0 bridgehead atoms. The van der Waals surface area contributed by atoms with Crippen molar-refractivity contribution in [2.24, 2.45) is 0 Å². The molecule has 0 amide bonds. The molecule has 0 aliphatic carbocycles. The van der Waals surface area contributed by atoms with Crippen LogP contribution in [0.25, 0.3) is 11.0 Å². The van der Waals surface area contributed by atoms with Gasteiger partial charge in [0.1, 0.15) is 17.1 Å². The number of Topliss-reactive ketones (excluding diaryl/α,β-unsaturated/α-hetero) is 1. The van der Waals surface area contributed by atoms with Gasteiger partial charge in [-0.2, -0.15) is 0 Å². The molecule has 0 saturated heterocycles. The van der Waals surface area contributed by atoms with E-state index in [-0.39, 0.29) is 11.4 Å². The SMILES string of the molecule is COc1cc2oc(=O)c3c(c2cc1N)CCN(CC(C)=O)C3. The molecular formula is C16H18N2O4. The lowest BCUT2D eigenvalue weighted by Gasteiger charge is -2.27. The molecule has 3 rings (SSSR count). The summed E-state index contributed by atoms with van der Waals surface area (Å²) in [5, 5.41) is 0.843. The molecule has 1 aromatic carbocycles. The Morgan fingerprint density at radius 2 is 2.18 bits per heavy atom. The lowest BCUT2D eigenvalue weighted by Crippen LogP contribution is -2.36. The highest BCUT2D eigenvalue weighted by molar-refractivity contribution is 5.87. The summed E-state index contributed by atoms with van der Waals surface area (Å²) in [6, 6.07) is 3.44. The summed E-state index contributed by atoms with van der Waals surface area (Å²) in [5.41, 5.74) is 8.17. The van der Waals surface area contributed by atoms with Gasteiger partial charge in [-0.1, -0.05) is 0 Å². The van der Waals surface area contributed by atoms with E-state index >= 15 is 0 Å². The molecule has 116 valence electrons. The Kier molecular flexibility index (Phi) is 3.62. The number of rotatable bonds is 3. The first-order chi connectivity index (χ1) is 10.5. The summed E-state index contributed by atoms with van der Waals surface area (Å²) >= 11 is 0. The highest BCUT2D eigenvalue weighted by Crippen LogP contribution is 2.32. The van der Waals surface area contributed by atoms with Crippen molar-refractivity contribution < 1.29 is 13.9 Å². The molecule has 6 nitrogen and oxygen atoms in total. The molecule has 1 aromatic heterocycles. The fourth-order valence-corrected chi connectivity index (χ4v) is 2.99. The predicted octanol–water partition coefficient (Wildman–Crippen LogP) is 1.33. The molecule has 0 atom stereocenters. The first-order valence-electron chi connectivity index (χ1n) is 7.13. The van der Waals surface area contributed by atoms with E-state index in [1.54, 1.807) is 19.1 Å². The molecule has 22 heavy (non-hydrogen) atoms. The van der Waals surface area contributed by atoms with Crippen LogP contribution in [-0.2, 0) is 17.8 Å². The predicted molar refractivity (Wildman–Crippen MR) is 83.1 cm³/mol. The third-order valence-electron chi connectivity index (χ3n) is 3.98. The van der Waals surface area contributed by atoms with Crippen molar-refractivity contribution >= 4 is 22.4 Å². The van der Waals surface area contributed by atoms with Crippen molar-refractivity contribution in [1.82, 2.24) is 4.90 Å². The molecule has 2 N–H and O–H groups in total. The number of carbonyl (C=O) groups excluding carboxylic acids is 1. The van der Waals surface area contributed by atoms with Crippen molar-refractivity contribution in [3.05, 3.63) is 33.7 Å². The van der Waals surface area contributed by atoms with Crippen LogP contribution in [0.3, 0.4) is 0 Å². The van der Waals surface area contributed by atoms with E-state index in [1.807, 2.05) is 4.90 Å². The molecule has 0 saturated carbocycles. The normalized spacial score (nSPS) is 14.8. The van der Waals surface area contributed by atoms with Gasteiger partial charge in [-0.15, -0.1) is 0 Å². The fourth-order valence-electron chi connectivity index (χ4n) is 2.99. The summed E-state index contributed by atoms with van der Waals surface area (Å²) in [5.74, 6) is 0.576. The highest BCUT2D eigenvalue weighted by Gasteiger charge is 2.23. The van der Waals surface area contributed by atoms with E-state index in [4.69, 9.17) is 14.9 Å². The van der Waals surface area contributed by atoms with Crippen LogP contribution in [-0.4, -0.2) is 30.9 Å². The van der Waals surface area contributed by atoms with Gasteiger partial charge < -0.3 is 14.9 Å². The minimum Gasteiger partial charge on any atom is -0.494 e. The van der Waals surface area contributed by atoms with Gasteiger partial charge in [-0.25, -0.2) is 4.79 Å². The minimum absolute atomic E-state index is 0.0857. The van der Waals surface area contributed by atoms with E-state index < -0.39 is 0 Å². The molecule has 1 aliphatic heterocycles. The second-order valence-corrected chi connectivity index (χ2v) is 5.60. The molecular weight excluding hydrogens is 284 g/mol. The van der Waals surface area contributed by atoms with Crippen molar-refractivity contribution in [1.29, 1.82) is 0 Å². The van der Waals surface area contributed by atoms with E-state index in [9.17, 15) is 9.59 Å². The first-order valence-corrected chi connectivity index (χ1v) is 7.13. The van der Waals surface area contributed by atoms with Crippen LogP contribution in [0.1, 0.15) is 18.1 Å². The smallest absolute Gasteiger partial charge is 0.341 e. The lowest BCUT2D eigenvalue weighted by molar-refractivity contribution is -0.118. The monoisotopic (exact) mass is 302 g/mol. The van der Waals surface area contributed by atoms with Gasteiger partial charge in [0.25, 0.3) is 0 Å². The van der Waals surface area contributed by atoms with E-state index in [0.717, 1.165) is 17.5 Å². The Morgan fingerprint density at radius 3 is 2.86 bits per heavy atom. The number of nitrogens with zero attached hydrogens (tertiary/aromatic N) is 1. The highest BCUT2D eigenvalue weighted by atomic mass is 16.5. The Morgan fingerprint density at radius 1 is 1.41 bits per heavy atom. The Balaban J connectivity index is 2.12. The maximum atomic E-state index is 12.2. The molecule has 2 heterocycles. The minimum atomic E-state index is -0.359. The molecule has 0 fully saturated rings. The summed E-state index contributed by atoms with van der Waals surface area (Å²) < 4.78 is 10.6. The third-order valence-corrected chi connectivity index (χ3v) is 3.98. The fraction of sp³-hybridized carbons (Fsp3) is 0.375. The molecule has 0 radical (unpaired) electrons. The number of hydrogen-bond acceptors (Lipinski definition) is 6.